The van der Waals surface area contributed by atoms with Gasteiger partial charge in [0.05, 0.1) is 13.2 Å². The molecule has 0 bridgehead atoms. The predicted molar refractivity (Wildman–Crippen MR) is 144 cm³/mol. The summed E-state index contributed by atoms with van der Waals surface area (Å²) in [6, 6.07) is 23.0. The molecule has 188 valence electrons. The molecule has 1 aliphatic carbocycles. The van der Waals surface area contributed by atoms with Crippen LogP contribution in [0.15, 0.2) is 72.8 Å². The molecule has 0 unspecified atom stereocenters. The van der Waals surface area contributed by atoms with Crippen LogP contribution in [0.4, 0.5) is 11.4 Å². The summed E-state index contributed by atoms with van der Waals surface area (Å²) in [5.74, 6) is 0.823. The van der Waals surface area contributed by atoms with E-state index in [1.807, 2.05) is 79.3 Å². The first-order valence-electron chi connectivity index (χ1n) is 12.5. The molecule has 1 fully saturated rings. The highest BCUT2D eigenvalue weighted by Crippen LogP contribution is 2.32. The molecule has 6 nitrogen and oxygen atoms in total. The van der Waals surface area contributed by atoms with E-state index in [0.29, 0.717) is 17.9 Å². The average molecular weight is 486 g/mol. The topological polar surface area (TPSA) is 61.9 Å². The van der Waals surface area contributed by atoms with E-state index in [4.69, 9.17) is 4.74 Å². The predicted octanol–water partition coefficient (Wildman–Crippen LogP) is 5.90. The number of nitrogens with one attached hydrogen (secondary N) is 1. The quantitative estimate of drug-likeness (QED) is 0.410. The van der Waals surface area contributed by atoms with Gasteiger partial charge in [0.1, 0.15) is 5.75 Å². The number of anilines is 2. The van der Waals surface area contributed by atoms with E-state index in [9.17, 15) is 9.59 Å². The summed E-state index contributed by atoms with van der Waals surface area (Å²) < 4.78 is 5.27. The number of benzene rings is 3. The van der Waals surface area contributed by atoms with Crippen molar-refractivity contribution in [2.75, 3.05) is 31.4 Å². The molecule has 0 saturated heterocycles. The van der Waals surface area contributed by atoms with Gasteiger partial charge in [-0.1, -0.05) is 36.8 Å². The Kier molecular flexibility index (Phi) is 7.93. The van der Waals surface area contributed by atoms with Crippen molar-refractivity contribution >= 4 is 23.2 Å². The highest BCUT2D eigenvalue weighted by molar-refractivity contribution is 5.95. The van der Waals surface area contributed by atoms with Crippen LogP contribution in [0.5, 0.6) is 5.75 Å². The maximum atomic E-state index is 13.8. The Morgan fingerprint density at radius 1 is 1.00 bits per heavy atom. The van der Waals surface area contributed by atoms with Gasteiger partial charge in [0, 0.05) is 43.5 Å². The minimum absolute atomic E-state index is 0.0670. The third-order valence-corrected chi connectivity index (χ3v) is 6.99. The highest BCUT2D eigenvalue weighted by Gasteiger charge is 2.27. The third-order valence-electron chi connectivity index (χ3n) is 6.99. The molecule has 4 rings (SSSR count). The largest absolute Gasteiger partial charge is 0.497 e. The first kappa shape index (κ1) is 25.3. The zero-order valence-electron chi connectivity index (χ0n) is 21.5. The van der Waals surface area contributed by atoms with Gasteiger partial charge in [-0.25, -0.2) is 0 Å². The molecule has 3 aromatic carbocycles. The van der Waals surface area contributed by atoms with Gasteiger partial charge in [0.2, 0.25) is 5.91 Å². The Bertz CT molecular complexity index is 1190. The SMILES string of the molecule is COc1ccc(C(=O)N(Cc2cc(NC(=O)C3CCC3)ccc2N(C)C)[C@H](C)c2ccccc2)cc1. The van der Waals surface area contributed by atoms with E-state index in [1.165, 1.54) is 0 Å². The minimum atomic E-state index is -0.163. The smallest absolute Gasteiger partial charge is 0.254 e. The van der Waals surface area contributed by atoms with Gasteiger partial charge in [-0.15, -0.1) is 0 Å². The number of hydrogen-bond donors (Lipinski definition) is 1. The molecule has 1 aliphatic rings. The molecule has 1 saturated carbocycles. The lowest BCUT2D eigenvalue weighted by atomic mass is 9.85. The number of ether oxygens (including phenoxy) is 1. The molecule has 0 spiro atoms. The van der Waals surface area contributed by atoms with Gasteiger partial charge in [-0.2, -0.15) is 0 Å². The van der Waals surface area contributed by atoms with Gasteiger partial charge < -0.3 is 19.9 Å². The van der Waals surface area contributed by atoms with Gasteiger partial charge in [0.15, 0.2) is 0 Å². The van der Waals surface area contributed by atoms with E-state index >= 15 is 0 Å². The van der Waals surface area contributed by atoms with Crippen molar-refractivity contribution in [2.24, 2.45) is 5.92 Å². The first-order chi connectivity index (χ1) is 17.4. The molecule has 3 aromatic rings. The summed E-state index contributed by atoms with van der Waals surface area (Å²) in [6.07, 6.45) is 3.02. The summed E-state index contributed by atoms with van der Waals surface area (Å²) in [5, 5.41) is 3.08. The molecule has 0 radical (unpaired) electrons. The molecule has 1 N–H and O–H groups in total. The zero-order chi connectivity index (χ0) is 25.7. The Hall–Kier alpha value is -3.80. The van der Waals surface area contributed by atoms with Gasteiger partial charge >= 0.3 is 0 Å². The number of nitrogens with zero attached hydrogens (tertiary/aromatic N) is 2. The van der Waals surface area contributed by atoms with Crippen molar-refractivity contribution in [3.05, 3.63) is 89.5 Å². The highest BCUT2D eigenvalue weighted by atomic mass is 16.5. The summed E-state index contributed by atoms with van der Waals surface area (Å²) in [5.41, 5.74) is 4.39. The van der Waals surface area contributed by atoms with Crippen LogP contribution in [0.2, 0.25) is 0 Å². The van der Waals surface area contributed by atoms with Gasteiger partial charge in [0.25, 0.3) is 5.91 Å². The maximum Gasteiger partial charge on any atom is 0.254 e. The van der Waals surface area contributed by atoms with Crippen LogP contribution in [0.25, 0.3) is 0 Å². The Morgan fingerprint density at radius 2 is 1.69 bits per heavy atom. The number of amides is 2. The average Bonchev–Trinajstić information content (AvgIpc) is 2.86. The van der Waals surface area contributed by atoms with Crippen LogP contribution in [-0.2, 0) is 11.3 Å². The molecular formula is C30H35N3O3. The van der Waals surface area contributed by atoms with Gasteiger partial charge in [-0.05, 0) is 73.4 Å². The van der Waals surface area contributed by atoms with Crippen LogP contribution < -0.4 is 15.0 Å². The van der Waals surface area contributed by atoms with Crippen molar-refractivity contribution in [3.63, 3.8) is 0 Å². The Morgan fingerprint density at radius 3 is 2.28 bits per heavy atom. The van der Waals surface area contributed by atoms with E-state index in [0.717, 1.165) is 41.8 Å². The fourth-order valence-electron chi connectivity index (χ4n) is 4.52. The zero-order valence-corrected chi connectivity index (χ0v) is 21.5. The second-order valence-electron chi connectivity index (χ2n) is 9.60. The summed E-state index contributed by atoms with van der Waals surface area (Å²) >= 11 is 0. The molecular weight excluding hydrogens is 450 g/mol. The van der Waals surface area contributed by atoms with Crippen LogP contribution in [-0.4, -0.2) is 37.9 Å². The fourth-order valence-corrected chi connectivity index (χ4v) is 4.52. The summed E-state index contributed by atoms with van der Waals surface area (Å²) in [4.78, 5) is 30.4. The number of hydrogen-bond acceptors (Lipinski definition) is 4. The van der Waals surface area contributed by atoms with E-state index in [2.05, 4.69) is 5.32 Å². The standard InChI is InChI=1S/C30H35N3O3/c1-21(22-9-6-5-7-10-22)33(30(35)24-13-16-27(36-4)17-14-24)20-25-19-26(15-18-28(25)32(2)3)31-29(34)23-11-8-12-23/h5-7,9-10,13-19,21,23H,8,11-12,20H2,1-4H3,(H,31,34)/t21-/m1/s1. The molecule has 0 aliphatic heterocycles. The van der Waals surface area contributed by atoms with Crippen LogP contribution >= 0.6 is 0 Å². The van der Waals surface area contributed by atoms with E-state index in [1.54, 1.807) is 31.4 Å². The van der Waals surface area contributed by atoms with Crippen molar-refractivity contribution in [2.45, 2.75) is 38.8 Å². The van der Waals surface area contributed by atoms with Crippen LogP contribution in [0.1, 0.15) is 53.7 Å². The number of carbonyl (C=O) groups is 2. The maximum absolute atomic E-state index is 13.8. The van der Waals surface area contributed by atoms with Crippen LogP contribution in [0, 0.1) is 5.92 Å². The molecule has 36 heavy (non-hydrogen) atoms. The monoisotopic (exact) mass is 485 g/mol. The molecule has 0 heterocycles. The van der Waals surface area contributed by atoms with E-state index in [-0.39, 0.29) is 23.8 Å². The molecule has 1 atom stereocenters. The normalized spacial score (nSPS) is 13.9. The fraction of sp³-hybridized carbons (Fsp3) is 0.333. The number of carbonyl (C=O) groups excluding carboxylic acids is 2. The lowest BCUT2D eigenvalue weighted by Gasteiger charge is -2.32. The number of rotatable bonds is 9. The lowest BCUT2D eigenvalue weighted by molar-refractivity contribution is -0.122. The van der Waals surface area contributed by atoms with Gasteiger partial charge in [-0.3, -0.25) is 9.59 Å². The van der Waals surface area contributed by atoms with Crippen molar-refractivity contribution in [3.8, 4) is 5.75 Å². The molecule has 0 aromatic heterocycles. The summed E-state index contributed by atoms with van der Waals surface area (Å²) in [7, 11) is 5.59. The van der Waals surface area contributed by atoms with Crippen molar-refractivity contribution in [1.82, 2.24) is 4.90 Å². The second kappa shape index (κ2) is 11.3. The van der Waals surface area contributed by atoms with E-state index < -0.39 is 0 Å². The van der Waals surface area contributed by atoms with Crippen LogP contribution in [0.3, 0.4) is 0 Å². The number of methoxy groups -OCH3 is 1. The van der Waals surface area contributed by atoms with Crippen molar-refractivity contribution in [1.29, 1.82) is 0 Å². The molecule has 2 amide bonds. The third kappa shape index (κ3) is 5.70. The first-order valence-corrected chi connectivity index (χ1v) is 12.5. The second-order valence-corrected chi connectivity index (χ2v) is 9.60. The Balaban J connectivity index is 1.68. The van der Waals surface area contributed by atoms with Crippen molar-refractivity contribution < 1.29 is 14.3 Å². The minimum Gasteiger partial charge on any atom is -0.497 e. The lowest BCUT2D eigenvalue weighted by Crippen LogP contribution is -2.34. The summed E-state index contributed by atoms with van der Waals surface area (Å²) in [6.45, 7) is 2.44. The molecule has 6 heteroatoms. The Labute approximate surface area is 213 Å².